The van der Waals surface area contributed by atoms with E-state index < -0.39 is 34.4 Å². The molecule has 73 heavy (non-hydrogen) atoms. The van der Waals surface area contributed by atoms with E-state index in [0.717, 1.165) is 20.3 Å². The van der Waals surface area contributed by atoms with Crippen LogP contribution in [0.5, 0.6) is 17.4 Å². The fourth-order valence-electron chi connectivity index (χ4n) is 7.00. The first kappa shape index (κ1) is 52.5. The molecule has 0 aliphatic heterocycles. The van der Waals surface area contributed by atoms with Gasteiger partial charge in [-0.3, -0.25) is 13.9 Å². The number of halogens is 4. The number of ether oxygens (including phenoxy) is 3. The molecule has 0 unspecified atom stereocenters. The van der Waals surface area contributed by atoms with Gasteiger partial charge in [0.05, 0.1) is 45.5 Å². The Balaban J connectivity index is 0.000000214. The van der Waals surface area contributed by atoms with Gasteiger partial charge in [0, 0.05) is 58.1 Å². The summed E-state index contributed by atoms with van der Waals surface area (Å²) >= 11 is 12.0. The first-order valence-corrected chi connectivity index (χ1v) is 23.2. The van der Waals surface area contributed by atoms with Crippen molar-refractivity contribution < 1.29 is 23.0 Å². The number of methoxy groups -OCH3 is 1. The summed E-state index contributed by atoms with van der Waals surface area (Å²) in [5, 5.41) is 6.85. The number of hydrogen-bond acceptors (Lipinski definition) is 13. The quantitative estimate of drug-likeness (QED) is 0.0798. The number of anilines is 4. The number of pyridine rings is 2. The van der Waals surface area contributed by atoms with E-state index in [9.17, 15) is 32.8 Å². The number of nitrogens with one attached hydrogen (secondary N) is 3. The first-order chi connectivity index (χ1) is 34.9. The molecule has 0 radical (unpaired) electrons. The van der Waals surface area contributed by atoms with Crippen LogP contribution in [0.25, 0.3) is 0 Å². The van der Waals surface area contributed by atoms with Crippen molar-refractivity contribution in [3.8, 4) is 17.4 Å². The zero-order valence-electron chi connectivity index (χ0n) is 39.9. The molecule has 3 N–H and O–H groups in total. The number of aromatic amines is 1. The molecule has 8 aromatic rings. The van der Waals surface area contributed by atoms with Gasteiger partial charge in [-0.2, -0.15) is 9.97 Å². The van der Waals surface area contributed by atoms with Crippen LogP contribution in [0.4, 0.5) is 32.1 Å². The molecule has 8 rings (SSSR count). The number of rotatable bonds is 17. The summed E-state index contributed by atoms with van der Waals surface area (Å²) in [5.74, 6) is -0.710. The van der Waals surface area contributed by atoms with Crippen LogP contribution in [0.2, 0.25) is 10.0 Å². The average molecular weight is 1040 g/mol. The Morgan fingerprint density at radius 3 is 1.37 bits per heavy atom. The van der Waals surface area contributed by atoms with Crippen LogP contribution in [0.3, 0.4) is 0 Å². The summed E-state index contributed by atoms with van der Waals surface area (Å²) in [7, 11) is 1.49. The molecular formula is C51H48Cl2F2N10O8. The van der Waals surface area contributed by atoms with E-state index in [4.69, 9.17) is 37.4 Å². The smallest absolute Gasteiger partial charge is 0.355 e. The summed E-state index contributed by atoms with van der Waals surface area (Å²) in [6, 6.07) is 28.4. The standard InChI is InChI=1S/C26H25ClFN5O4.C25H23ClFN5O4/c1-16(2)37-22-10-9-20(12-21(22)28)30-24-31-25(34)33(15-18-6-11-23(36-3)29-13-18)26(35)32(24)14-17-4-7-19(27)8-5-17;1-15(2)36-21-9-8-19(11-20(21)27)29-23-30-24(34)32(14-17-5-10-22(33)28-12-17)25(35)31(23)13-16-3-6-18(26)7-4-16/h4-13,16H,14-15H2,1-3H3,(H,30,31,34);3-12,15H,13-14H2,1-2H3,(H,28,33)(H,29,30,34). The Morgan fingerprint density at radius 1 is 0.562 bits per heavy atom. The molecule has 0 aliphatic carbocycles. The minimum absolute atomic E-state index is 0.0361. The minimum Gasteiger partial charge on any atom is -0.488 e. The SMILES string of the molecule is CC(C)Oc1ccc(Nc2nc(=O)n(Cc3ccc(=O)[nH]c3)c(=O)n2Cc2ccc(Cl)cc2)cc1F.COc1ccc(Cn2c(=O)nc(Nc3ccc(OC(C)C)c(F)c3)n(Cc3ccc(Cl)cc3)c2=O)cn1. The lowest BCUT2D eigenvalue weighted by atomic mass is 10.2. The normalized spacial score (nSPS) is 11.0. The van der Waals surface area contributed by atoms with Crippen LogP contribution in [-0.4, -0.2) is 57.5 Å². The highest BCUT2D eigenvalue weighted by Gasteiger charge is 2.18. The van der Waals surface area contributed by atoms with Crippen molar-refractivity contribution in [2.75, 3.05) is 17.7 Å². The zero-order chi connectivity index (χ0) is 52.3. The lowest BCUT2D eigenvalue weighted by Gasteiger charge is -2.16. The molecule has 0 spiro atoms. The molecule has 4 heterocycles. The van der Waals surface area contributed by atoms with Crippen LogP contribution in [0.1, 0.15) is 49.9 Å². The van der Waals surface area contributed by atoms with E-state index in [1.165, 1.54) is 65.0 Å². The second kappa shape index (κ2) is 23.7. The molecule has 0 saturated carbocycles. The molecule has 0 atom stereocenters. The van der Waals surface area contributed by atoms with E-state index in [-0.39, 0.29) is 73.0 Å². The van der Waals surface area contributed by atoms with E-state index in [0.29, 0.717) is 32.7 Å². The van der Waals surface area contributed by atoms with Gasteiger partial charge < -0.3 is 29.8 Å². The minimum atomic E-state index is -0.804. The average Bonchev–Trinajstić information content (AvgIpc) is 3.35. The van der Waals surface area contributed by atoms with Gasteiger partial charge in [-0.25, -0.2) is 42.1 Å². The number of hydrogen-bond donors (Lipinski definition) is 3. The maximum Gasteiger partial charge on any atom is 0.355 e. The fourth-order valence-corrected chi connectivity index (χ4v) is 7.25. The Bertz CT molecular complexity index is 3510. The molecule has 0 aliphatic rings. The maximum absolute atomic E-state index is 14.6. The number of H-pyrrole nitrogens is 1. The second-order valence-corrected chi connectivity index (χ2v) is 17.6. The van der Waals surface area contributed by atoms with Gasteiger partial charge in [-0.1, -0.05) is 59.6 Å². The van der Waals surface area contributed by atoms with Crippen LogP contribution in [0.15, 0.2) is 146 Å². The predicted molar refractivity (Wildman–Crippen MR) is 274 cm³/mol. The maximum atomic E-state index is 14.6. The third-order valence-corrected chi connectivity index (χ3v) is 10.9. The van der Waals surface area contributed by atoms with Crippen LogP contribution >= 0.6 is 23.2 Å². The molecule has 22 heteroatoms. The fraction of sp³-hybridized carbons (Fsp3) is 0.216. The third kappa shape index (κ3) is 14.0. The summed E-state index contributed by atoms with van der Waals surface area (Å²) < 4.78 is 49.6. The molecule has 4 aromatic heterocycles. The molecule has 18 nitrogen and oxygen atoms in total. The molecule has 0 fully saturated rings. The van der Waals surface area contributed by atoms with Crippen molar-refractivity contribution in [3.63, 3.8) is 0 Å². The van der Waals surface area contributed by atoms with Crippen LogP contribution in [0, 0.1) is 11.6 Å². The highest BCUT2D eigenvalue weighted by Crippen LogP contribution is 2.26. The van der Waals surface area contributed by atoms with Crippen molar-refractivity contribution in [3.05, 3.63) is 218 Å². The van der Waals surface area contributed by atoms with Crippen molar-refractivity contribution in [2.24, 2.45) is 0 Å². The molecule has 0 amide bonds. The molecule has 0 saturated heterocycles. The Labute approximate surface area is 425 Å². The molecule has 378 valence electrons. The Hall–Kier alpha value is -8.36. The topological polar surface area (TPSA) is 211 Å². The van der Waals surface area contributed by atoms with Crippen molar-refractivity contribution in [2.45, 2.75) is 66.1 Å². The number of aromatic nitrogens is 8. The lowest BCUT2D eigenvalue weighted by Crippen LogP contribution is -2.43. The van der Waals surface area contributed by atoms with E-state index in [2.05, 4.69) is 30.6 Å². The monoisotopic (exact) mass is 1040 g/mol. The van der Waals surface area contributed by atoms with E-state index in [1.807, 2.05) is 0 Å². The van der Waals surface area contributed by atoms with Crippen LogP contribution in [-0.2, 0) is 26.2 Å². The Kier molecular flexibility index (Phi) is 17.0. The summed E-state index contributed by atoms with van der Waals surface area (Å²) in [6.07, 6.45) is 2.53. The first-order valence-electron chi connectivity index (χ1n) is 22.5. The largest absolute Gasteiger partial charge is 0.488 e. The van der Waals surface area contributed by atoms with Crippen molar-refractivity contribution in [1.82, 2.24) is 38.2 Å². The van der Waals surface area contributed by atoms with Crippen LogP contribution < -0.4 is 53.2 Å². The van der Waals surface area contributed by atoms with Gasteiger partial charge in [0.1, 0.15) is 0 Å². The second-order valence-electron chi connectivity index (χ2n) is 16.7. The predicted octanol–water partition coefficient (Wildman–Crippen LogP) is 7.74. The van der Waals surface area contributed by atoms with Gasteiger partial charge in [-0.05, 0) is 98.5 Å². The lowest BCUT2D eigenvalue weighted by molar-refractivity contribution is 0.231. The van der Waals surface area contributed by atoms with Gasteiger partial charge in [0.2, 0.25) is 23.3 Å². The van der Waals surface area contributed by atoms with E-state index in [1.54, 1.807) is 100 Å². The van der Waals surface area contributed by atoms with Gasteiger partial charge in [0.15, 0.2) is 23.1 Å². The summed E-state index contributed by atoms with van der Waals surface area (Å²) in [4.78, 5) is 78.9. The number of nitrogens with zero attached hydrogens (tertiary/aromatic N) is 7. The Morgan fingerprint density at radius 2 is 0.986 bits per heavy atom. The molecular weight excluding hydrogens is 990 g/mol. The molecule has 0 bridgehead atoms. The van der Waals surface area contributed by atoms with E-state index >= 15 is 0 Å². The van der Waals surface area contributed by atoms with Gasteiger partial charge in [0.25, 0.3) is 0 Å². The third-order valence-electron chi connectivity index (χ3n) is 10.4. The van der Waals surface area contributed by atoms with Crippen molar-refractivity contribution in [1.29, 1.82) is 0 Å². The zero-order valence-corrected chi connectivity index (χ0v) is 41.5. The van der Waals surface area contributed by atoms with Gasteiger partial charge >= 0.3 is 22.8 Å². The van der Waals surface area contributed by atoms with Gasteiger partial charge in [-0.15, -0.1) is 0 Å². The number of benzene rings is 4. The van der Waals surface area contributed by atoms with Crippen molar-refractivity contribution >= 4 is 46.5 Å². The highest BCUT2D eigenvalue weighted by molar-refractivity contribution is 6.30. The summed E-state index contributed by atoms with van der Waals surface area (Å²) in [6.45, 7) is 7.17. The highest BCUT2D eigenvalue weighted by atomic mass is 35.5. The summed E-state index contributed by atoms with van der Waals surface area (Å²) in [5.41, 5.74) is 0.0815. The molecule has 4 aromatic carbocycles.